The minimum Gasteiger partial charge on any atom is -0.417 e. The Hall–Kier alpha value is -1.70. The first kappa shape index (κ1) is 21.0. The van der Waals surface area contributed by atoms with Gasteiger partial charge in [0.1, 0.15) is 11.5 Å². The van der Waals surface area contributed by atoms with Crippen LogP contribution >= 0.6 is 11.6 Å². The van der Waals surface area contributed by atoms with Gasteiger partial charge in [0.25, 0.3) is 5.91 Å². The maximum atomic E-state index is 13.5. The average Bonchev–Trinajstić information content (AvgIpc) is 3.04. The monoisotopic (exact) mass is 423 g/mol. The van der Waals surface area contributed by atoms with Gasteiger partial charge in [-0.2, -0.15) is 5.10 Å². The van der Waals surface area contributed by atoms with E-state index in [-0.39, 0.29) is 22.0 Å². The predicted molar refractivity (Wildman–Crippen MR) is 112 cm³/mol. The second-order valence-corrected chi connectivity index (χ2v) is 14.0. The highest BCUT2D eigenvalue weighted by Crippen LogP contribution is 2.37. The van der Waals surface area contributed by atoms with Crippen LogP contribution in [0.25, 0.3) is 11.3 Å². The second-order valence-electron chi connectivity index (χ2n) is 8.75. The molecule has 0 saturated carbocycles. The zero-order valence-electron chi connectivity index (χ0n) is 17.0. The summed E-state index contributed by atoms with van der Waals surface area (Å²) in [4.78, 5) is 12.3. The molecule has 1 atom stereocenters. The molecule has 1 amide bonds. The number of hydrogen-bond donors (Lipinski definition) is 1. The smallest absolute Gasteiger partial charge is 0.269 e. The van der Waals surface area contributed by atoms with Crippen molar-refractivity contribution in [3.05, 3.63) is 40.8 Å². The number of nitrogens with zero attached hydrogens (tertiary/aromatic N) is 2. The van der Waals surface area contributed by atoms with Gasteiger partial charge in [0.2, 0.25) is 0 Å². The zero-order chi connectivity index (χ0) is 20.7. The summed E-state index contributed by atoms with van der Waals surface area (Å²) in [5, 5.41) is 7.73. The molecule has 2 aromatic rings. The summed E-state index contributed by atoms with van der Waals surface area (Å²) in [6.45, 7) is 12.2. The van der Waals surface area contributed by atoms with Crippen LogP contribution in [0.4, 0.5) is 4.39 Å². The van der Waals surface area contributed by atoms with Crippen molar-refractivity contribution in [2.45, 2.75) is 51.4 Å². The Morgan fingerprint density at radius 1 is 1.36 bits per heavy atom. The summed E-state index contributed by atoms with van der Waals surface area (Å²) in [7, 11) is -1.82. The number of fused-ring (bicyclic) bond motifs is 1. The second kappa shape index (κ2) is 7.61. The molecule has 2 heterocycles. The minimum absolute atomic E-state index is 0.0159. The molecule has 1 aliphatic heterocycles. The Bertz CT molecular complexity index is 892. The number of benzene rings is 1. The Balaban J connectivity index is 1.79. The first-order valence-electron chi connectivity index (χ1n) is 9.47. The zero-order valence-corrected chi connectivity index (χ0v) is 18.7. The van der Waals surface area contributed by atoms with Crippen molar-refractivity contribution in [3.8, 4) is 11.3 Å². The van der Waals surface area contributed by atoms with Crippen LogP contribution in [0.3, 0.4) is 0 Å². The molecule has 0 saturated heterocycles. The molecule has 0 bridgehead atoms. The summed E-state index contributed by atoms with van der Waals surface area (Å²) in [6, 6.07) is 6.18. The number of halogens is 2. The number of rotatable bonds is 5. The highest BCUT2D eigenvalue weighted by atomic mass is 35.5. The molecule has 0 aliphatic carbocycles. The highest BCUT2D eigenvalue weighted by molar-refractivity contribution is 6.74. The van der Waals surface area contributed by atoms with E-state index >= 15 is 0 Å². The van der Waals surface area contributed by atoms with Crippen molar-refractivity contribution in [2.24, 2.45) is 0 Å². The van der Waals surface area contributed by atoms with Crippen LogP contribution in [0, 0.1) is 5.82 Å². The number of carbonyl (C=O) groups excluding carboxylic acids is 1. The van der Waals surface area contributed by atoms with Crippen LogP contribution in [-0.4, -0.2) is 37.2 Å². The first-order chi connectivity index (χ1) is 13.0. The van der Waals surface area contributed by atoms with Crippen LogP contribution in [0.2, 0.25) is 23.2 Å². The normalized spacial score (nSPS) is 17.4. The van der Waals surface area contributed by atoms with Gasteiger partial charge in [-0.15, -0.1) is 0 Å². The summed E-state index contributed by atoms with van der Waals surface area (Å²) >= 11 is 5.89. The van der Waals surface area contributed by atoms with Crippen LogP contribution < -0.4 is 5.32 Å². The molecule has 3 rings (SSSR count). The lowest BCUT2D eigenvalue weighted by Gasteiger charge is -2.36. The van der Waals surface area contributed by atoms with Crippen molar-refractivity contribution >= 4 is 25.8 Å². The molecule has 0 radical (unpaired) electrons. The van der Waals surface area contributed by atoms with Gasteiger partial charge in [0, 0.05) is 18.7 Å². The molecule has 1 aliphatic rings. The minimum atomic E-state index is -1.82. The first-order valence-corrected chi connectivity index (χ1v) is 12.8. The third-order valence-corrected chi connectivity index (χ3v) is 10.6. The van der Waals surface area contributed by atoms with E-state index in [0.717, 1.165) is 6.42 Å². The van der Waals surface area contributed by atoms with E-state index in [2.05, 4.69) is 44.3 Å². The third kappa shape index (κ3) is 4.16. The maximum absolute atomic E-state index is 13.5. The van der Waals surface area contributed by atoms with Gasteiger partial charge >= 0.3 is 0 Å². The van der Waals surface area contributed by atoms with E-state index in [1.54, 1.807) is 16.8 Å². The Morgan fingerprint density at radius 2 is 2.07 bits per heavy atom. The van der Waals surface area contributed by atoms with Crippen molar-refractivity contribution < 1.29 is 13.6 Å². The van der Waals surface area contributed by atoms with E-state index in [1.807, 2.05) is 0 Å². The third-order valence-electron chi connectivity index (χ3n) is 5.75. The Kier molecular flexibility index (Phi) is 5.71. The van der Waals surface area contributed by atoms with E-state index in [4.69, 9.17) is 16.0 Å². The van der Waals surface area contributed by atoms with Crippen molar-refractivity contribution in [1.29, 1.82) is 0 Å². The highest BCUT2D eigenvalue weighted by Gasteiger charge is 2.37. The molecule has 0 fully saturated rings. The van der Waals surface area contributed by atoms with Crippen LogP contribution in [-0.2, 0) is 4.43 Å². The fourth-order valence-corrected chi connectivity index (χ4v) is 4.16. The lowest BCUT2D eigenvalue weighted by Crippen LogP contribution is -2.43. The maximum Gasteiger partial charge on any atom is 0.269 e. The SMILES string of the molecule is CC(C)(C)[Si](C)(C)OCCC1CNC(=O)c2cc(-c3ccc(F)c(Cl)c3)nn21. The van der Waals surface area contributed by atoms with Crippen LogP contribution in [0.5, 0.6) is 0 Å². The average molecular weight is 424 g/mol. The predicted octanol–water partition coefficient (Wildman–Crippen LogP) is 5.04. The van der Waals surface area contributed by atoms with Gasteiger partial charge in [0.05, 0.1) is 16.8 Å². The summed E-state index contributed by atoms with van der Waals surface area (Å²) in [5.74, 6) is -0.638. The van der Waals surface area contributed by atoms with Crippen LogP contribution in [0.15, 0.2) is 24.3 Å². The number of amides is 1. The molecule has 1 unspecified atom stereocenters. The number of hydrogen-bond acceptors (Lipinski definition) is 3. The van der Waals surface area contributed by atoms with Gasteiger partial charge in [-0.25, -0.2) is 4.39 Å². The molecule has 152 valence electrons. The topological polar surface area (TPSA) is 56.1 Å². The Labute approximate surface area is 171 Å². The fraction of sp³-hybridized carbons (Fsp3) is 0.500. The molecule has 8 heteroatoms. The largest absolute Gasteiger partial charge is 0.417 e. The van der Waals surface area contributed by atoms with Crippen LogP contribution in [0.1, 0.15) is 43.7 Å². The number of aromatic nitrogens is 2. The summed E-state index contributed by atoms with van der Waals surface area (Å²) in [5.41, 5.74) is 1.78. The Morgan fingerprint density at radius 3 is 2.71 bits per heavy atom. The molecule has 1 N–H and O–H groups in total. The standard InChI is InChI=1S/C20H27ClFN3O2Si/c1-20(2,3)28(4,5)27-9-8-14-12-23-19(26)18-11-17(24-25(14)18)13-6-7-16(22)15(21)10-13/h6-7,10-11,14H,8-9,12H2,1-5H3,(H,23,26). The van der Waals surface area contributed by atoms with Gasteiger partial charge in [0.15, 0.2) is 8.32 Å². The number of nitrogens with one attached hydrogen (secondary N) is 1. The quantitative estimate of drug-likeness (QED) is 0.685. The summed E-state index contributed by atoms with van der Waals surface area (Å²) < 4.78 is 21.5. The summed E-state index contributed by atoms with van der Waals surface area (Å²) in [6.07, 6.45) is 0.755. The van der Waals surface area contributed by atoms with E-state index in [0.29, 0.717) is 30.1 Å². The fourth-order valence-electron chi connectivity index (χ4n) is 2.92. The molecule has 28 heavy (non-hydrogen) atoms. The van der Waals surface area contributed by atoms with E-state index in [1.165, 1.54) is 12.1 Å². The lowest BCUT2D eigenvalue weighted by molar-refractivity contribution is 0.0901. The van der Waals surface area contributed by atoms with Crippen molar-refractivity contribution in [2.75, 3.05) is 13.2 Å². The van der Waals surface area contributed by atoms with Gasteiger partial charge in [-0.1, -0.05) is 32.4 Å². The molecular weight excluding hydrogens is 397 g/mol. The molecule has 0 spiro atoms. The molecular formula is C20H27ClFN3O2Si. The molecule has 1 aromatic heterocycles. The van der Waals surface area contributed by atoms with E-state index < -0.39 is 14.1 Å². The molecule has 5 nitrogen and oxygen atoms in total. The lowest BCUT2D eigenvalue weighted by atomic mass is 10.1. The van der Waals surface area contributed by atoms with Gasteiger partial charge in [-0.3, -0.25) is 9.48 Å². The van der Waals surface area contributed by atoms with Gasteiger partial charge < -0.3 is 9.74 Å². The number of carbonyl (C=O) groups is 1. The van der Waals surface area contributed by atoms with E-state index in [9.17, 15) is 9.18 Å². The van der Waals surface area contributed by atoms with Gasteiger partial charge in [-0.05, 0) is 48.8 Å². The molecule has 1 aromatic carbocycles. The van der Waals surface area contributed by atoms with Crippen molar-refractivity contribution in [1.82, 2.24) is 15.1 Å². The van der Waals surface area contributed by atoms with Crippen molar-refractivity contribution in [3.63, 3.8) is 0 Å².